The third-order valence-corrected chi connectivity index (χ3v) is 12.0. The number of hydrogen-bond donors (Lipinski definition) is 0. The van der Waals surface area contributed by atoms with E-state index < -0.39 is 6.56 Å². The van der Waals surface area contributed by atoms with E-state index in [2.05, 4.69) is 31.8 Å². The van der Waals surface area contributed by atoms with Crippen LogP contribution in [0.25, 0.3) is 0 Å². The average Bonchev–Trinajstić information content (AvgIpc) is 2.26. The van der Waals surface area contributed by atoms with Gasteiger partial charge in [-0.25, -0.2) is 0 Å². The molecule has 0 unspecified atom stereocenters. The molecule has 0 aliphatic heterocycles. The Morgan fingerprint density at radius 3 is 1.28 bits per heavy atom. The van der Waals surface area contributed by atoms with E-state index in [1.165, 1.54) is 0 Å². The third kappa shape index (κ3) is 2.51. The van der Waals surface area contributed by atoms with Gasteiger partial charge in [-0.15, -0.1) is 0 Å². The Kier molecular flexibility index (Phi) is 6.48. The van der Waals surface area contributed by atoms with E-state index in [0.29, 0.717) is 13.1 Å². The van der Waals surface area contributed by atoms with Gasteiger partial charge in [0.1, 0.15) is 0 Å². The van der Waals surface area contributed by atoms with Crippen molar-refractivity contribution in [2.24, 2.45) is 0 Å². The molecule has 0 saturated heterocycles. The summed E-state index contributed by atoms with van der Waals surface area (Å²) in [5.41, 5.74) is 0. The molecular weight excluding hydrogens is 267 g/mol. The predicted octanol–water partition coefficient (Wildman–Crippen LogP) is 2.71. The molecule has 0 aliphatic carbocycles. The summed E-state index contributed by atoms with van der Waals surface area (Å²) in [6.07, 6.45) is 3.76. The summed E-state index contributed by atoms with van der Waals surface area (Å²) in [7, 11) is 12.1. The van der Waals surface area contributed by atoms with Crippen molar-refractivity contribution in [3.63, 3.8) is 0 Å². The van der Waals surface area contributed by atoms with Crippen molar-refractivity contribution < 1.29 is 0 Å². The van der Waals surface area contributed by atoms with Crippen LogP contribution in [0.4, 0.5) is 0 Å². The van der Waals surface area contributed by atoms with Crippen molar-refractivity contribution in [1.29, 1.82) is 0 Å². The Morgan fingerprint density at radius 1 is 0.833 bits per heavy atom. The summed E-state index contributed by atoms with van der Waals surface area (Å²) in [4.78, 5) is 0. The second-order valence-corrected chi connectivity index (χ2v) is 11.3. The Hall–Kier alpha value is 0.0400. The zero-order valence-electron chi connectivity index (χ0n) is 12.6. The molecule has 0 aliphatic rings. The summed E-state index contributed by atoms with van der Waals surface area (Å²) in [6, 6.07) is 0. The maximum atomic E-state index is 7.26. The summed E-state index contributed by atoms with van der Waals surface area (Å²) < 4.78 is 8.56. The van der Waals surface area contributed by atoms with E-state index in [0.717, 1.165) is 0 Å². The Labute approximate surface area is 117 Å². The normalized spacial score (nSPS) is 15.2. The first-order valence-corrected chi connectivity index (χ1v) is 8.87. The quantitative estimate of drug-likeness (QED) is 0.504. The van der Waals surface area contributed by atoms with Crippen LogP contribution in [-0.2, 0) is 0 Å². The third-order valence-electron chi connectivity index (χ3n) is 3.23. The van der Waals surface area contributed by atoms with Crippen molar-refractivity contribution in [2.45, 2.75) is 0 Å². The SMILES string of the molecule is C=CCN(CC=C)P(Cl)(N(C)C)(N(C)C)N(C)C. The first-order valence-electron chi connectivity index (χ1n) is 5.92. The van der Waals surface area contributed by atoms with Gasteiger partial charge in [-0.2, -0.15) is 0 Å². The number of hydrogen-bond acceptors (Lipinski definition) is 4. The molecule has 0 aromatic carbocycles. The zero-order chi connectivity index (χ0) is 14.6. The number of rotatable bonds is 8. The minimum absolute atomic E-state index is 0.710. The van der Waals surface area contributed by atoms with Crippen LogP contribution in [0.3, 0.4) is 0 Å². The van der Waals surface area contributed by atoms with Gasteiger partial charge in [0.2, 0.25) is 0 Å². The van der Waals surface area contributed by atoms with Crippen LogP contribution in [-0.4, -0.2) is 74.1 Å². The van der Waals surface area contributed by atoms with E-state index in [1.807, 2.05) is 54.4 Å². The van der Waals surface area contributed by atoms with Crippen LogP contribution in [0, 0.1) is 0 Å². The monoisotopic (exact) mass is 294 g/mol. The van der Waals surface area contributed by atoms with Gasteiger partial charge < -0.3 is 0 Å². The van der Waals surface area contributed by atoms with Gasteiger partial charge in [0.25, 0.3) is 0 Å². The van der Waals surface area contributed by atoms with Crippen molar-refractivity contribution in [1.82, 2.24) is 18.7 Å². The molecule has 18 heavy (non-hydrogen) atoms. The molecule has 0 aromatic heterocycles. The molecule has 0 amide bonds. The molecule has 108 valence electrons. The molecule has 0 fully saturated rings. The van der Waals surface area contributed by atoms with E-state index in [9.17, 15) is 0 Å². The van der Waals surface area contributed by atoms with Crippen LogP contribution in [0.1, 0.15) is 0 Å². The van der Waals surface area contributed by atoms with Crippen molar-refractivity contribution in [3.8, 4) is 0 Å². The summed E-state index contributed by atoms with van der Waals surface area (Å²) >= 11 is 7.26. The van der Waals surface area contributed by atoms with Crippen LogP contribution in [0.15, 0.2) is 25.3 Å². The van der Waals surface area contributed by atoms with Crippen molar-refractivity contribution in [3.05, 3.63) is 25.3 Å². The number of nitrogens with zero attached hydrogens (tertiary/aromatic N) is 4. The molecule has 0 N–H and O–H groups in total. The first kappa shape index (κ1) is 18.0. The summed E-state index contributed by atoms with van der Waals surface area (Å²) in [6.45, 7) is 6.06. The molecule has 0 bridgehead atoms. The topological polar surface area (TPSA) is 13.0 Å². The van der Waals surface area contributed by atoms with E-state index in [1.54, 1.807) is 0 Å². The Bertz CT molecular complexity index is 270. The Balaban J connectivity index is 5.97. The zero-order valence-corrected chi connectivity index (χ0v) is 14.2. The Morgan fingerprint density at radius 2 is 1.11 bits per heavy atom. The molecule has 0 radical (unpaired) electrons. The molecule has 0 heterocycles. The molecule has 0 atom stereocenters. The summed E-state index contributed by atoms with van der Waals surface area (Å²) in [5.74, 6) is 0. The molecule has 0 aromatic rings. The van der Waals surface area contributed by atoms with Gasteiger partial charge in [-0.05, 0) is 0 Å². The van der Waals surface area contributed by atoms with Gasteiger partial charge in [0.05, 0.1) is 0 Å². The van der Waals surface area contributed by atoms with E-state index >= 15 is 0 Å². The molecule has 6 heteroatoms. The molecular formula is C12H28ClN4P. The fourth-order valence-electron chi connectivity index (χ4n) is 2.49. The van der Waals surface area contributed by atoms with Gasteiger partial charge in [-0.3, -0.25) is 0 Å². The van der Waals surface area contributed by atoms with Crippen LogP contribution >= 0.6 is 17.8 Å². The second-order valence-electron chi connectivity index (χ2n) is 4.83. The second kappa shape index (κ2) is 6.47. The molecule has 0 saturated carbocycles. The van der Waals surface area contributed by atoms with Gasteiger partial charge >= 0.3 is 117 Å². The predicted molar refractivity (Wildman–Crippen MR) is 85.8 cm³/mol. The van der Waals surface area contributed by atoms with Crippen LogP contribution < -0.4 is 0 Å². The van der Waals surface area contributed by atoms with Gasteiger partial charge in [0, 0.05) is 0 Å². The average molecular weight is 295 g/mol. The van der Waals surface area contributed by atoms with E-state index in [-0.39, 0.29) is 0 Å². The first-order chi connectivity index (χ1) is 8.17. The molecule has 0 spiro atoms. The van der Waals surface area contributed by atoms with Crippen molar-refractivity contribution in [2.75, 3.05) is 55.4 Å². The van der Waals surface area contributed by atoms with Crippen LogP contribution in [0.2, 0.25) is 0 Å². The van der Waals surface area contributed by atoms with Gasteiger partial charge in [0.15, 0.2) is 0 Å². The fourth-order valence-corrected chi connectivity index (χ4v) is 7.31. The standard InChI is InChI=1S/C12H28ClN4P/c1-9-11-17(12-10-2)18(13,14(3)4,15(5)6)16(7)8/h9-10H,1-2,11-12H2,3-8H3. The van der Waals surface area contributed by atoms with Gasteiger partial charge in [-0.1, -0.05) is 0 Å². The minimum atomic E-state index is -3.03. The maximum absolute atomic E-state index is 7.26. The number of halogens is 1. The molecule has 0 rings (SSSR count). The molecule has 4 nitrogen and oxygen atoms in total. The fraction of sp³-hybridized carbons (Fsp3) is 0.667. The van der Waals surface area contributed by atoms with Crippen molar-refractivity contribution >= 4 is 17.8 Å². The van der Waals surface area contributed by atoms with Crippen LogP contribution in [0.5, 0.6) is 0 Å². The van der Waals surface area contributed by atoms with E-state index in [4.69, 9.17) is 11.2 Å². The summed E-state index contributed by atoms with van der Waals surface area (Å²) in [5, 5.41) is 0.